The van der Waals surface area contributed by atoms with Crippen LogP contribution < -0.4 is 5.32 Å². The minimum absolute atomic E-state index is 0.288. The molecular weight excluding hydrogens is 374 g/mol. The molecule has 1 amide bonds. The maximum atomic E-state index is 12.8. The number of nitrogens with one attached hydrogen (secondary N) is 1. The van der Waals surface area contributed by atoms with E-state index in [-0.39, 0.29) is 5.91 Å². The molecule has 4 rings (SSSR count). The first kappa shape index (κ1) is 20.8. The van der Waals surface area contributed by atoms with E-state index in [2.05, 4.69) is 39.2 Å². The maximum Gasteiger partial charge on any atom is 0.236 e. The quantitative estimate of drug-likeness (QED) is 0.808. The van der Waals surface area contributed by atoms with Gasteiger partial charge in [0.2, 0.25) is 5.91 Å². The number of nitrogens with zero attached hydrogens (tertiary/aromatic N) is 4. The van der Waals surface area contributed by atoms with Gasteiger partial charge in [-0.3, -0.25) is 9.69 Å². The molecule has 0 unspecified atom stereocenters. The summed E-state index contributed by atoms with van der Waals surface area (Å²) in [5.41, 5.74) is 2.20. The molecular formula is C24H33N5O. The third-order valence-electron chi connectivity index (χ3n) is 6.57. The summed E-state index contributed by atoms with van der Waals surface area (Å²) >= 11 is 0. The van der Waals surface area contributed by atoms with Crippen molar-refractivity contribution in [1.29, 1.82) is 0 Å². The summed E-state index contributed by atoms with van der Waals surface area (Å²) < 4.78 is 0. The average molecular weight is 408 g/mol. The van der Waals surface area contributed by atoms with Crippen molar-refractivity contribution in [3.05, 3.63) is 47.8 Å². The van der Waals surface area contributed by atoms with Gasteiger partial charge in [0.15, 0.2) is 0 Å². The summed E-state index contributed by atoms with van der Waals surface area (Å²) in [4.78, 5) is 26.4. The van der Waals surface area contributed by atoms with Crippen LogP contribution in [0.3, 0.4) is 0 Å². The number of hydrogen-bond acceptors (Lipinski definition) is 5. The zero-order valence-corrected chi connectivity index (χ0v) is 18.2. The number of piperidine rings is 2. The third-order valence-corrected chi connectivity index (χ3v) is 6.57. The van der Waals surface area contributed by atoms with Crippen molar-refractivity contribution in [2.24, 2.45) is 0 Å². The molecule has 1 N–H and O–H groups in total. The summed E-state index contributed by atoms with van der Waals surface area (Å²) in [6.45, 7) is 7.57. The molecule has 2 aromatic heterocycles. The van der Waals surface area contributed by atoms with Gasteiger partial charge in [0.05, 0.1) is 6.54 Å². The monoisotopic (exact) mass is 407 g/mol. The van der Waals surface area contributed by atoms with Gasteiger partial charge in [0.25, 0.3) is 0 Å². The van der Waals surface area contributed by atoms with Crippen LogP contribution in [0.2, 0.25) is 0 Å². The van der Waals surface area contributed by atoms with Crippen LogP contribution in [0.15, 0.2) is 36.5 Å². The second-order valence-corrected chi connectivity index (χ2v) is 8.71. The maximum absolute atomic E-state index is 12.8. The fourth-order valence-electron chi connectivity index (χ4n) is 4.58. The van der Waals surface area contributed by atoms with Gasteiger partial charge in [0, 0.05) is 36.9 Å². The Morgan fingerprint density at radius 2 is 1.93 bits per heavy atom. The van der Waals surface area contributed by atoms with Crippen LogP contribution in [0.1, 0.15) is 56.2 Å². The van der Waals surface area contributed by atoms with Crippen molar-refractivity contribution in [2.75, 3.05) is 31.5 Å². The summed E-state index contributed by atoms with van der Waals surface area (Å²) in [6, 6.07) is 10.6. The van der Waals surface area contributed by atoms with Crippen LogP contribution >= 0.6 is 0 Å². The zero-order valence-electron chi connectivity index (χ0n) is 18.2. The second kappa shape index (κ2) is 9.56. The zero-order chi connectivity index (χ0) is 20.9. The number of aromatic nitrogens is 2. The van der Waals surface area contributed by atoms with Gasteiger partial charge in [-0.1, -0.05) is 18.6 Å². The Kier molecular flexibility index (Phi) is 6.62. The Hall–Kier alpha value is -2.47. The van der Waals surface area contributed by atoms with Crippen LogP contribution in [0.5, 0.6) is 0 Å². The van der Waals surface area contributed by atoms with Crippen LogP contribution in [-0.4, -0.2) is 57.9 Å². The topological polar surface area (TPSA) is 61.4 Å². The van der Waals surface area contributed by atoms with E-state index in [9.17, 15) is 4.79 Å². The van der Waals surface area contributed by atoms with Gasteiger partial charge < -0.3 is 10.2 Å². The number of carbonyl (C=O) groups excluding carboxylic acids is 1. The SMILES string of the molecule is Cc1cccnc1Nc1cccc(C2CCN(C(=O)CN3CCCC[C@@H]3C)CC2)n1. The first-order chi connectivity index (χ1) is 14.6. The van der Waals surface area contributed by atoms with Crippen LogP contribution in [-0.2, 0) is 4.79 Å². The van der Waals surface area contributed by atoms with Crippen molar-refractivity contribution in [3.8, 4) is 0 Å². The Morgan fingerprint density at radius 3 is 2.70 bits per heavy atom. The van der Waals surface area contributed by atoms with E-state index in [0.29, 0.717) is 18.5 Å². The number of pyridine rings is 2. The first-order valence-corrected chi connectivity index (χ1v) is 11.3. The normalized spacial score (nSPS) is 20.9. The Morgan fingerprint density at radius 1 is 1.10 bits per heavy atom. The van der Waals surface area contributed by atoms with Crippen molar-refractivity contribution in [3.63, 3.8) is 0 Å². The van der Waals surface area contributed by atoms with Gasteiger partial charge >= 0.3 is 0 Å². The molecule has 160 valence electrons. The summed E-state index contributed by atoms with van der Waals surface area (Å²) in [6.07, 6.45) is 7.45. The highest BCUT2D eigenvalue weighted by atomic mass is 16.2. The van der Waals surface area contributed by atoms with Gasteiger partial charge in [0.1, 0.15) is 11.6 Å². The Labute approximate surface area is 179 Å². The highest BCUT2D eigenvalue weighted by Gasteiger charge is 2.27. The molecule has 2 saturated heterocycles. The number of rotatable bonds is 5. The van der Waals surface area contributed by atoms with E-state index in [1.807, 2.05) is 25.1 Å². The largest absolute Gasteiger partial charge is 0.342 e. The molecule has 0 bridgehead atoms. The molecule has 0 saturated carbocycles. The second-order valence-electron chi connectivity index (χ2n) is 8.71. The molecule has 0 spiro atoms. The number of aryl methyl sites for hydroxylation is 1. The van der Waals surface area contributed by atoms with Crippen molar-refractivity contribution in [1.82, 2.24) is 19.8 Å². The Bertz CT molecular complexity index is 862. The van der Waals surface area contributed by atoms with E-state index in [0.717, 1.165) is 55.4 Å². The summed E-state index contributed by atoms with van der Waals surface area (Å²) in [5, 5.41) is 3.34. The number of carbonyl (C=O) groups is 1. The van der Waals surface area contributed by atoms with Gasteiger partial charge in [-0.25, -0.2) is 9.97 Å². The minimum Gasteiger partial charge on any atom is -0.342 e. The molecule has 2 fully saturated rings. The summed E-state index contributed by atoms with van der Waals surface area (Å²) in [5.74, 6) is 2.35. The number of anilines is 2. The van der Waals surface area contributed by atoms with Crippen LogP contribution in [0, 0.1) is 6.92 Å². The lowest BCUT2D eigenvalue weighted by Gasteiger charge is -2.36. The molecule has 4 heterocycles. The molecule has 2 aromatic rings. The smallest absolute Gasteiger partial charge is 0.236 e. The lowest BCUT2D eigenvalue weighted by molar-refractivity contribution is -0.134. The molecule has 6 nitrogen and oxygen atoms in total. The highest BCUT2D eigenvalue weighted by Crippen LogP contribution is 2.28. The van der Waals surface area contributed by atoms with Gasteiger partial charge in [-0.2, -0.15) is 0 Å². The lowest BCUT2D eigenvalue weighted by Crippen LogP contribution is -2.47. The van der Waals surface area contributed by atoms with Gasteiger partial charge in [-0.15, -0.1) is 0 Å². The molecule has 0 aliphatic carbocycles. The molecule has 0 aromatic carbocycles. The third kappa shape index (κ3) is 4.98. The molecule has 1 atom stereocenters. The van der Waals surface area contributed by atoms with Crippen molar-refractivity contribution in [2.45, 2.75) is 57.9 Å². The highest BCUT2D eigenvalue weighted by molar-refractivity contribution is 5.78. The standard InChI is InChI=1S/C24H33N5O/c1-18-7-6-13-25-24(18)27-22-10-5-9-21(26-22)20-11-15-28(16-12-20)23(30)17-29-14-4-3-8-19(29)2/h5-7,9-10,13,19-20H,3-4,8,11-12,14-17H2,1-2H3,(H,25,26,27)/t19-/m0/s1. The average Bonchev–Trinajstić information content (AvgIpc) is 2.77. The number of likely N-dealkylation sites (tertiary alicyclic amines) is 2. The first-order valence-electron chi connectivity index (χ1n) is 11.3. The summed E-state index contributed by atoms with van der Waals surface area (Å²) in [7, 11) is 0. The predicted octanol–water partition coefficient (Wildman–Crippen LogP) is 4.11. The number of amides is 1. The Balaban J connectivity index is 1.33. The molecule has 2 aliphatic heterocycles. The predicted molar refractivity (Wildman–Crippen MR) is 120 cm³/mol. The molecule has 2 aliphatic rings. The van der Waals surface area contributed by atoms with Crippen molar-refractivity contribution >= 4 is 17.5 Å². The molecule has 0 radical (unpaired) electrons. The molecule has 6 heteroatoms. The fourth-order valence-corrected chi connectivity index (χ4v) is 4.58. The van der Waals surface area contributed by atoms with E-state index in [1.54, 1.807) is 6.20 Å². The van der Waals surface area contributed by atoms with E-state index < -0.39 is 0 Å². The van der Waals surface area contributed by atoms with Crippen molar-refractivity contribution < 1.29 is 4.79 Å². The van der Waals surface area contributed by atoms with E-state index in [4.69, 9.17) is 4.98 Å². The fraction of sp³-hybridized carbons (Fsp3) is 0.542. The van der Waals surface area contributed by atoms with Gasteiger partial charge in [-0.05, 0) is 69.8 Å². The van der Waals surface area contributed by atoms with E-state index in [1.165, 1.54) is 19.3 Å². The van der Waals surface area contributed by atoms with E-state index >= 15 is 0 Å². The minimum atomic E-state index is 0.288. The van der Waals surface area contributed by atoms with Crippen LogP contribution in [0.25, 0.3) is 0 Å². The number of hydrogen-bond donors (Lipinski definition) is 1. The lowest BCUT2D eigenvalue weighted by atomic mass is 9.93. The van der Waals surface area contributed by atoms with Crippen LogP contribution in [0.4, 0.5) is 11.6 Å². The molecule has 30 heavy (non-hydrogen) atoms.